The first kappa shape index (κ1) is 29.4. The number of hydrogen-bond acceptors (Lipinski definition) is 5. The molecule has 1 atom stereocenters. The molecule has 0 radical (unpaired) electrons. The van der Waals surface area contributed by atoms with Gasteiger partial charge in [-0.1, -0.05) is 66.9 Å². The van der Waals surface area contributed by atoms with Crippen LogP contribution < -0.4 is 14.4 Å². The van der Waals surface area contributed by atoms with Gasteiger partial charge in [0.15, 0.2) is 0 Å². The van der Waals surface area contributed by atoms with Crippen LogP contribution in [-0.2, 0) is 26.2 Å². The van der Waals surface area contributed by atoms with Gasteiger partial charge >= 0.3 is 0 Å². The van der Waals surface area contributed by atoms with E-state index in [4.69, 9.17) is 16.3 Å². The van der Waals surface area contributed by atoms with E-state index in [1.807, 2.05) is 6.07 Å². The number of nitrogens with zero attached hydrogens (tertiary/aromatic N) is 2. The minimum Gasteiger partial charge on any atom is -0.497 e. The molecule has 1 aliphatic rings. The second-order valence-corrected chi connectivity index (χ2v) is 12.1. The summed E-state index contributed by atoms with van der Waals surface area (Å²) in [7, 11) is -2.62. The molecule has 3 aromatic carbocycles. The summed E-state index contributed by atoms with van der Waals surface area (Å²) in [6.45, 7) is 1.19. The monoisotopic (exact) mass is 583 g/mol. The Morgan fingerprint density at radius 2 is 1.68 bits per heavy atom. The molecule has 1 fully saturated rings. The van der Waals surface area contributed by atoms with Gasteiger partial charge in [-0.2, -0.15) is 0 Å². The Kier molecular flexibility index (Phi) is 9.71. The van der Waals surface area contributed by atoms with Crippen LogP contribution in [0.25, 0.3) is 0 Å². The summed E-state index contributed by atoms with van der Waals surface area (Å²) in [5.74, 6) is -0.216. The molecule has 10 heteroatoms. The molecular weight excluding hydrogens is 550 g/mol. The summed E-state index contributed by atoms with van der Waals surface area (Å²) in [5.41, 5.74) is 0.911. The molecule has 40 heavy (non-hydrogen) atoms. The van der Waals surface area contributed by atoms with Crippen LogP contribution in [0.4, 0.5) is 5.69 Å². The number of hydrogen-bond donors (Lipinski definition) is 1. The SMILES string of the molecule is COc1cccc(CN(C(=O)CN(c2ccccc2Cl)S(=O)(=O)c2ccccc2)C(C)C(=O)NC2CCCC2)c1. The minimum atomic E-state index is -4.17. The Hall–Kier alpha value is -3.56. The zero-order valence-electron chi connectivity index (χ0n) is 22.6. The van der Waals surface area contributed by atoms with E-state index < -0.39 is 28.5 Å². The highest BCUT2D eigenvalue weighted by atomic mass is 35.5. The van der Waals surface area contributed by atoms with Crippen molar-refractivity contribution in [3.05, 3.63) is 89.4 Å². The van der Waals surface area contributed by atoms with E-state index in [0.29, 0.717) is 5.75 Å². The molecule has 2 amide bonds. The second-order valence-electron chi connectivity index (χ2n) is 9.82. The van der Waals surface area contributed by atoms with Crippen molar-refractivity contribution in [2.75, 3.05) is 18.0 Å². The topological polar surface area (TPSA) is 96.0 Å². The van der Waals surface area contributed by atoms with Gasteiger partial charge in [-0.25, -0.2) is 8.42 Å². The normalized spacial score (nSPS) is 14.4. The first-order chi connectivity index (χ1) is 19.2. The van der Waals surface area contributed by atoms with E-state index in [1.165, 1.54) is 17.0 Å². The minimum absolute atomic E-state index is 0.0223. The number of benzene rings is 3. The molecule has 1 saturated carbocycles. The van der Waals surface area contributed by atoms with Gasteiger partial charge < -0.3 is 15.0 Å². The largest absolute Gasteiger partial charge is 0.497 e. The number of amides is 2. The average molecular weight is 584 g/mol. The van der Waals surface area contributed by atoms with Crippen molar-refractivity contribution in [1.29, 1.82) is 0 Å². The van der Waals surface area contributed by atoms with Gasteiger partial charge in [0, 0.05) is 12.6 Å². The van der Waals surface area contributed by atoms with Gasteiger partial charge in [0.2, 0.25) is 11.8 Å². The van der Waals surface area contributed by atoms with Gasteiger partial charge in [-0.05, 0) is 61.7 Å². The van der Waals surface area contributed by atoms with Crippen LogP contribution in [0.15, 0.2) is 83.8 Å². The maximum Gasteiger partial charge on any atom is 0.264 e. The number of carbonyl (C=O) groups excluding carboxylic acids is 2. The van der Waals surface area contributed by atoms with Crippen LogP contribution in [0.5, 0.6) is 5.75 Å². The fourth-order valence-electron chi connectivity index (χ4n) is 4.83. The fraction of sp³-hybridized carbons (Fsp3) is 0.333. The summed E-state index contributed by atoms with van der Waals surface area (Å²) < 4.78 is 34.0. The molecule has 3 aromatic rings. The highest BCUT2D eigenvalue weighted by Crippen LogP contribution is 2.31. The number of anilines is 1. The number of ether oxygens (including phenoxy) is 1. The van der Waals surface area contributed by atoms with Gasteiger partial charge in [-0.3, -0.25) is 13.9 Å². The Morgan fingerprint density at radius 3 is 2.35 bits per heavy atom. The Labute approximate surface area is 240 Å². The molecular formula is C30H34ClN3O5S. The molecule has 1 aliphatic carbocycles. The van der Waals surface area contributed by atoms with E-state index in [0.717, 1.165) is 35.6 Å². The van der Waals surface area contributed by atoms with Gasteiger partial charge in [0.05, 0.1) is 22.7 Å². The lowest BCUT2D eigenvalue weighted by molar-refractivity contribution is -0.139. The van der Waals surface area contributed by atoms with E-state index >= 15 is 0 Å². The molecule has 0 aliphatic heterocycles. The predicted octanol–water partition coefficient (Wildman–Crippen LogP) is 5.02. The number of para-hydroxylation sites is 1. The van der Waals surface area contributed by atoms with Crippen molar-refractivity contribution in [2.24, 2.45) is 0 Å². The van der Waals surface area contributed by atoms with Crippen molar-refractivity contribution >= 4 is 39.1 Å². The summed E-state index contributed by atoms with van der Waals surface area (Å²) in [5, 5.41) is 3.24. The lowest BCUT2D eigenvalue weighted by atomic mass is 10.1. The number of sulfonamides is 1. The average Bonchev–Trinajstić information content (AvgIpc) is 3.48. The number of carbonyl (C=O) groups is 2. The molecule has 0 bridgehead atoms. The molecule has 0 spiro atoms. The number of nitrogens with one attached hydrogen (secondary N) is 1. The first-order valence-corrected chi connectivity index (χ1v) is 15.1. The Morgan fingerprint density at radius 1 is 1.00 bits per heavy atom. The molecule has 212 valence electrons. The van der Waals surface area contributed by atoms with Gasteiger partial charge in [0.1, 0.15) is 18.3 Å². The number of rotatable bonds is 11. The maximum atomic E-state index is 14.0. The van der Waals surface area contributed by atoms with E-state index in [9.17, 15) is 18.0 Å². The molecule has 0 saturated heterocycles. The Bertz CT molecular complexity index is 1430. The highest BCUT2D eigenvalue weighted by Gasteiger charge is 2.34. The molecule has 8 nitrogen and oxygen atoms in total. The predicted molar refractivity (Wildman–Crippen MR) is 156 cm³/mol. The number of methoxy groups -OCH3 is 1. The summed E-state index contributed by atoms with van der Waals surface area (Å²) >= 11 is 6.44. The van der Waals surface area contributed by atoms with Gasteiger partial charge in [0.25, 0.3) is 10.0 Å². The third kappa shape index (κ3) is 6.95. The zero-order chi connectivity index (χ0) is 28.7. The second kappa shape index (κ2) is 13.2. The van der Waals surface area contributed by atoms with Crippen LogP contribution in [-0.4, -0.2) is 50.9 Å². The fourth-order valence-corrected chi connectivity index (χ4v) is 6.57. The van der Waals surface area contributed by atoms with Crippen molar-refractivity contribution in [2.45, 2.75) is 56.1 Å². The molecule has 0 heterocycles. The van der Waals surface area contributed by atoms with Crippen LogP contribution in [0, 0.1) is 0 Å². The van der Waals surface area contributed by atoms with Crippen LogP contribution in [0.3, 0.4) is 0 Å². The van der Waals surface area contributed by atoms with Crippen LogP contribution in [0.2, 0.25) is 5.02 Å². The molecule has 1 unspecified atom stereocenters. The molecule has 0 aromatic heterocycles. The Balaban J connectivity index is 1.69. The zero-order valence-corrected chi connectivity index (χ0v) is 24.2. The maximum absolute atomic E-state index is 14.0. The lowest BCUT2D eigenvalue weighted by Crippen LogP contribution is -2.52. The standard InChI is InChI=1S/C30H34ClN3O5S/c1-22(30(36)32-24-12-6-7-13-24)33(20-23-11-10-14-25(19-23)39-2)29(35)21-34(28-18-9-8-17-27(28)31)40(37,38)26-15-4-3-5-16-26/h3-5,8-11,14-19,22,24H,6-7,12-13,20-21H2,1-2H3,(H,32,36). The highest BCUT2D eigenvalue weighted by molar-refractivity contribution is 7.92. The quantitative estimate of drug-likeness (QED) is 0.342. The van der Waals surface area contributed by atoms with Crippen molar-refractivity contribution in [3.8, 4) is 5.75 Å². The smallest absolute Gasteiger partial charge is 0.264 e. The third-order valence-corrected chi connectivity index (χ3v) is 9.18. The lowest BCUT2D eigenvalue weighted by Gasteiger charge is -2.32. The van der Waals surface area contributed by atoms with E-state index in [2.05, 4.69) is 5.32 Å². The van der Waals surface area contributed by atoms with Crippen molar-refractivity contribution < 1.29 is 22.7 Å². The summed E-state index contributed by atoms with van der Waals surface area (Å²) in [6, 6.07) is 20.8. The molecule has 4 rings (SSSR count). The van der Waals surface area contributed by atoms with Crippen LogP contribution >= 0.6 is 11.6 Å². The van der Waals surface area contributed by atoms with Crippen LogP contribution in [0.1, 0.15) is 38.2 Å². The van der Waals surface area contributed by atoms with Gasteiger partial charge in [-0.15, -0.1) is 0 Å². The summed E-state index contributed by atoms with van der Waals surface area (Å²) in [4.78, 5) is 28.8. The third-order valence-electron chi connectivity index (χ3n) is 7.09. The van der Waals surface area contributed by atoms with E-state index in [-0.39, 0.29) is 34.1 Å². The van der Waals surface area contributed by atoms with Crippen molar-refractivity contribution in [3.63, 3.8) is 0 Å². The summed E-state index contributed by atoms with van der Waals surface area (Å²) in [6.07, 6.45) is 3.90. The van der Waals surface area contributed by atoms with Crippen molar-refractivity contribution in [1.82, 2.24) is 10.2 Å². The first-order valence-electron chi connectivity index (χ1n) is 13.3. The number of halogens is 1. The van der Waals surface area contributed by atoms with E-state index in [1.54, 1.807) is 74.7 Å². The molecule has 1 N–H and O–H groups in total.